The predicted octanol–water partition coefficient (Wildman–Crippen LogP) is 1.14. The summed E-state index contributed by atoms with van der Waals surface area (Å²) in [5.41, 5.74) is 7.40. The Bertz CT molecular complexity index is 139. The van der Waals surface area contributed by atoms with E-state index in [4.69, 9.17) is 10.5 Å². The van der Waals surface area contributed by atoms with Crippen LogP contribution in [0.4, 0.5) is 0 Å². The third-order valence-electron chi connectivity index (χ3n) is 2.01. The Hall–Kier alpha value is -0.570. The van der Waals surface area contributed by atoms with Gasteiger partial charge in [0.1, 0.15) is 6.10 Å². The van der Waals surface area contributed by atoms with E-state index in [9.17, 15) is 4.79 Å². The second-order valence-corrected chi connectivity index (χ2v) is 3.08. The molecule has 0 bridgehead atoms. The molecule has 1 N–H and O–H groups in total. The Labute approximate surface area is 66.9 Å². The van der Waals surface area contributed by atoms with Gasteiger partial charge in [0.05, 0.1) is 0 Å². The summed E-state index contributed by atoms with van der Waals surface area (Å²) in [6.07, 6.45) is 3.58. The van der Waals surface area contributed by atoms with Crippen molar-refractivity contribution in [3.05, 3.63) is 0 Å². The molecule has 1 radical (unpaired) electrons. The van der Waals surface area contributed by atoms with Gasteiger partial charge in [0, 0.05) is 13.0 Å². The van der Waals surface area contributed by atoms with E-state index in [0.717, 1.165) is 25.7 Å². The maximum absolute atomic E-state index is 10.5. The van der Waals surface area contributed by atoms with Gasteiger partial charge >= 0.3 is 5.97 Å². The van der Waals surface area contributed by atoms with E-state index in [0.29, 0.717) is 0 Å². The highest BCUT2D eigenvalue weighted by Crippen LogP contribution is 2.20. The largest absolute Gasteiger partial charge is 0.463 e. The number of esters is 1. The van der Waals surface area contributed by atoms with Crippen molar-refractivity contribution < 1.29 is 9.53 Å². The Morgan fingerprint density at radius 1 is 1.36 bits per heavy atom. The maximum Gasteiger partial charge on any atom is 0.302 e. The van der Waals surface area contributed by atoms with Gasteiger partial charge in [0.15, 0.2) is 0 Å². The fourth-order valence-corrected chi connectivity index (χ4v) is 1.42. The maximum atomic E-state index is 10.5. The van der Waals surface area contributed by atoms with E-state index in [2.05, 4.69) is 0 Å². The van der Waals surface area contributed by atoms with Gasteiger partial charge in [0.25, 0.3) is 0 Å². The molecule has 0 unspecified atom stereocenters. The number of nitrogens with one attached hydrogen (secondary N) is 1. The third kappa shape index (κ3) is 2.89. The number of ether oxygens (including phenoxy) is 1. The van der Waals surface area contributed by atoms with Gasteiger partial charge < -0.3 is 4.74 Å². The van der Waals surface area contributed by atoms with Crippen molar-refractivity contribution in [2.24, 2.45) is 0 Å². The topological polar surface area (TPSA) is 50.1 Å². The minimum atomic E-state index is -0.196. The molecule has 1 aliphatic carbocycles. The molecule has 1 rings (SSSR count). The fourth-order valence-electron chi connectivity index (χ4n) is 1.42. The summed E-state index contributed by atoms with van der Waals surface area (Å²) in [6.45, 7) is 1.44. The first-order valence-electron chi connectivity index (χ1n) is 4.07. The lowest BCUT2D eigenvalue weighted by Crippen LogP contribution is -2.26. The van der Waals surface area contributed by atoms with E-state index >= 15 is 0 Å². The molecule has 1 saturated carbocycles. The van der Waals surface area contributed by atoms with Crippen LogP contribution in [0.5, 0.6) is 0 Å². The molecule has 1 fully saturated rings. The lowest BCUT2D eigenvalue weighted by molar-refractivity contribution is -0.147. The average molecular weight is 156 g/mol. The van der Waals surface area contributed by atoms with E-state index in [1.54, 1.807) is 0 Å². The normalized spacial score (nSPS) is 31.5. The molecule has 0 aromatic carbocycles. The zero-order valence-electron chi connectivity index (χ0n) is 6.80. The van der Waals surface area contributed by atoms with Crippen molar-refractivity contribution in [1.82, 2.24) is 5.73 Å². The van der Waals surface area contributed by atoms with Crippen molar-refractivity contribution in [1.29, 1.82) is 0 Å². The summed E-state index contributed by atoms with van der Waals surface area (Å²) in [5.74, 6) is -0.196. The molecule has 1 aliphatic rings. The molecular formula is C8H14NO2. The summed E-state index contributed by atoms with van der Waals surface area (Å²) in [6, 6.07) is 0.0711. The molecule has 3 nitrogen and oxygen atoms in total. The smallest absolute Gasteiger partial charge is 0.302 e. The first-order valence-corrected chi connectivity index (χ1v) is 4.07. The Morgan fingerprint density at radius 2 is 1.91 bits per heavy atom. The molecule has 0 atom stereocenters. The van der Waals surface area contributed by atoms with Crippen LogP contribution in [0.15, 0.2) is 0 Å². The molecule has 0 amide bonds. The van der Waals surface area contributed by atoms with Crippen molar-refractivity contribution in [3.8, 4) is 0 Å². The molecule has 0 saturated heterocycles. The van der Waals surface area contributed by atoms with E-state index < -0.39 is 0 Å². The van der Waals surface area contributed by atoms with Crippen molar-refractivity contribution >= 4 is 5.97 Å². The Balaban J connectivity index is 2.22. The first-order chi connectivity index (χ1) is 5.18. The first kappa shape index (κ1) is 8.53. The summed E-state index contributed by atoms with van der Waals surface area (Å²) in [7, 11) is 0. The van der Waals surface area contributed by atoms with Gasteiger partial charge in [-0.05, 0) is 25.7 Å². The van der Waals surface area contributed by atoms with E-state index in [-0.39, 0.29) is 18.1 Å². The SMILES string of the molecule is CC(=O)O[C@H]1CC[C@H]([NH])CC1. The van der Waals surface area contributed by atoms with Crippen LogP contribution in [0.25, 0.3) is 0 Å². The van der Waals surface area contributed by atoms with E-state index in [1.807, 2.05) is 0 Å². The zero-order valence-corrected chi connectivity index (χ0v) is 6.80. The summed E-state index contributed by atoms with van der Waals surface area (Å²) >= 11 is 0. The highest BCUT2D eigenvalue weighted by Gasteiger charge is 2.20. The summed E-state index contributed by atoms with van der Waals surface area (Å²) < 4.78 is 5.02. The van der Waals surface area contributed by atoms with Crippen LogP contribution < -0.4 is 5.73 Å². The van der Waals surface area contributed by atoms with Gasteiger partial charge in [-0.25, -0.2) is 0 Å². The predicted molar refractivity (Wildman–Crippen MR) is 40.9 cm³/mol. The summed E-state index contributed by atoms with van der Waals surface area (Å²) in [5, 5.41) is 0. The Morgan fingerprint density at radius 3 is 2.36 bits per heavy atom. The number of rotatable bonds is 1. The fraction of sp³-hybridized carbons (Fsp3) is 0.875. The highest BCUT2D eigenvalue weighted by molar-refractivity contribution is 5.66. The third-order valence-corrected chi connectivity index (χ3v) is 2.01. The zero-order chi connectivity index (χ0) is 8.27. The molecule has 3 heteroatoms. The van der Waals surface area contributed by atoms with Crippen LogP contribution in [0.1, 0.15) is 32.6 Å². The molecule has 0 aliphatic heterocycles. The van der Waals surface area contributed by atoms with Crippen LogP contribution in [0.2, 0.25) is 0 Å². The van der Waals surface area contributed by atoms with Gasteiger partial charge in [-0.1, -0.05) is 0 Å². The van der Waals surface area contributed by atoms with Gasteiger partial charge in [-0.3, -0.25) is 10.5 Å². The molecular weight excluding hydrogens is 142 g/mol. The van der Waals surface area contributed by atoms with Gasteiger partial charge in [0.2, 0.25) is 0 Å². The number of hydrogen-bond donors (Lipinski definition) is 0. The van der Waals surface area contributed by atoms with Crippen molar-refractivity contribution in [2.75, 3.05) is 0 Å². The summed E-state index contributed by atoms with van der Waals surface area (Å²) in [4.78, 5) is 10.5. The number of carbonyl (C=O) groups excluding carboxylic acids is 1. The second kappa shape index (κ2) is 3.72. The molecule has 11 heavy (non-hydrogen) atoms. The van der Waals surface area contributed by atoms with Crippen molar-refractivity contribution in [3.63, 3.8) is 0 Å². The quantitative estimate of drug-likeness (QED) is 0.534. The molecule has 0 heterocycles. The minimum absolute atomic E-state index is 0.0711. The lowest BCUT2D eigenvalue weighted by Gasteiger charge is -2.24. The average Bonchev–Trinajstić information content (AvgIpc) is 1.93. The lowest BCUT2D eigenvalue weighted by atomic mass is 9.94. The second-order valence-electron chi connectivity index (χ2n) is 3.08. The minimum Gasteiger partial charge on any atom is -0.463 e. The van der Waals surface area contributed by atoms with Crippen LogP contribution >= 0.6 is 0 Å². The number of hydrogen-bond acceptors (Lipinski definition) is 2. The van der Waals surface area contributed by atoms with Crippen LogP contribution in [0.3, 0.4) is 0 Å². The standard InChI is InChI=1S/C8H14NO2/c1-6(10)11-8-4-2-7(9)3-5-8/h7-9H,2-5H2,1H3/t7-,8-. The monoisotopic (exact) mass is 156 g/mol. The van der Waals surface area contributed by atoms with E-state index in [1.165, 1.54) is 6.92 Å². The molecule has 0 aromatic rings. The van der Waals surface area contributed by atoms with Crippen LogP contribution in [0, 0.1) is 0 Å². The van der Waals surface area contributed by atoms with Crippen LogP contribution in [-0.2, 0) is 9.53 Å². The van der Waals surface area contributed by atoms with Crippen LogP contribution in [-0.4, -0.2) is 18.1 Å². The molecule has 63 valence electrons. The molecule has 0 aromatic heterocycles. The van der Waals surface area contributed by atoms with Crippen molar-refractivity contribution in [2.45, 2.75) is 44.8 Å². The Kier molecular flexibility index (Phi) is 2.88. The van der Waals surface area contributed by atoms with Gasteiger partial charge in [-0.2, -0.15) is 0 Å². The van der Waals surface area contributed by atoms with Gasteiger partial charge in [-0.15, -0.1) is 0 Å². The number of carbonyl (C=O) groups is 1. The molecule has 0 spiro atoms. The highest BCUT2D eigenvalue weighted by atomic mass is 16.5.